The van der Waals surface area contributed by atoms with Gasteiger partial charge in [0.25, 0.3) is 0 Å². The van der Waals surface area contributed by atoms with Crippen molar-refractivity contribution >= 4 is 16.4 Å². The number of hydrogen-bond donors (Lipinski definition) is 4. The number of carbonyl (C=O) groups is 1. The third kappa shape index (κ3) is 22.2. The molecule has 0 saturated carbocycles. The normalized spacial score (nSPS) is 22.6. The molecule has 1 heterocycles. The second kappa shape index (κ2) is 27.6. The average molecular weight is 697 g/mol. The summed E-state index contributed by atoms with van der Waals surface area (Å²) in [5.41, 5.74) is 0. The van der Waals surface area contributed by atoms with E-state index in [1.54, 1.807) is 0 Å². The van der Waals surface area contributed by atoms with Crippen molar-refractivity contribution in [3.8, 4) is 0 Å². The van der Waals surface area contributed by atoms with Gasteiger partial charge >= 0.3 is 16.4 Å². The Bertz CT molecular complexity index is 900. The number of unbranched alkanes of at least 4 members (excludes halogenated alkanes) is 15. The molecule has 0 bridgehead atoms. The molecule has 1 fully saturated rings. The summed E-state index contributed by atoms with van der Waals surface area (Å²) < 4.78 is 58.4. The highest BCUT2D eigenvalue weighted by Crippen LogP contribution is 2.26. The van der Waals surface area contributed by atoms with Crippen LogP contribution < -0.4 is 0 Å². The fourth-order valence-electron chi connectivity index (χ4n) is 5.37. The number of aliphatic hydroxyl groups is 3. The molecule has 1 rings (SSSR count). The van der Waals surface area contributed by atoms with Gasteiger partial charge in [-0.2, -0.15) is 8.42 Å². The van der Waals surface area contributed by atoms with Crippen LogP contribution in [0.4, 0.5) is 0 Å². The number of rotatable bonds is 30. The van der Waals surface area contributed by atoms with Crippen molar-refractivity contribution in [1.82, 2.24) is 0 Å². The monoisotopic (exact) mass is 696 g/mol. The standard InChI is InChI=1S/C34H64O12S/c1-3-5-7-9-10-11-12-13-14-15-16-17-18-20-22-24-42-26-28(44-30(36)23-21-19-8-6-4-2)27-43-34-32(38)33(46-47(39,40)41)31(37)29(25-35)45-34/h12-13,28-29,31-35,37-38H,3-11,14-27H2,1-2H3,(H,39,40,41)/b13-12-. The maximum absolute atomic E-state index is 12.5. The Labute approximate surface area is 283 Å². The van der Waals surface area contributed by atoms with Crippen molar-refractivity contribution in [2.24, 2.45) is 0 Å². The van der Waals surface area contributed by atoms with Crippen LogP contribution in [-0.2, 0) is 38.3 Å². The first-order valence-corrected chi connectivity index (χ1v) is 19.3. The largest absolute Gasteiger partial charge is 0.457 e. The summed E-state index contributed by atoms with van der Waals surface area (Å²) in [5.74, 6) is -0.415. The number of aliphatic hydroxyl groups excluding tert-OH is 3. The van der Waals surface area contributed by atoms with Crippen molar-refractivity contribution in [3.63, 3.8) is 0 Å². The van der Waals surface area contributed by atoms with E-state index in [0.717, 1.165) is 51.4 Å². The first-order chi connectivity index (χ1) is 22.6. The maximum Gasteiger partial charge on any atom is 0.397 e. The van der Waals surface area contributed by atoms with Crippen molar-refractivity contribution in [2.45, 2.75) is 173 Å². The average Bonchev–Trinajstić information content (AvgIpc) is 3.03. The van der Waals surface area contributed by atoms with E-state index in [9.17, 15) is 28.5 Å². The summed E-state index contributed by atoms with van der Waals surface area (Å²) in [6, 6.07) is 0. The highest BCUT2D eigenvalue weighted by molar-refractivity contribution is 7.80. The molecule has 278 valence electrons. The van der Waals surface area contributed by atoms with Gasteiger partial charge in [-0.25, -0.2) is 4.18 Å². The zero-order valence-corrected chi connectivity index (χ0v) is 29.7. The quantitative estimate of drug-likeness (QED) is 0.0318. The third-order valence-electron chi connectivity index (χ3n) is 8.14. The Hall–Kier alpha value is -1.16. The van der Waals surface area contributed by atoms with Gasteiger partial charge in [0.05, 0.1) is 19.8 Å². The van der Waals surface area contributed by atoms with Crippen LogP contribution in [0.5, 0.6) is 0 Å². The molecule has 1 aliphatic rings. The van der Waals surface area contributed by atoms with Gasteiger partial charge in [-0.05, 0) is 38.5 Å². The third-order valence-corrected chi connectivity index (χ3v) is 8.60. The van der Waals surface area contributed by atoms with E-state index in [4.69, 9.17) is 23.5 Å². The van der Waals surface area contributed by atoms with Gasteiger partial charge in [0, 0.05) is 13.0 Å². The van der Waals surface area contributed by atoms with Crippen LogP contribution in [0.25, 0.3) is 0 Å². The smallest absolute Gasteiger partial charge is 0.397 e. The van der Waals surface area contributed by atoms with Gasteiger partial charge in [-0.1, -0.05) is 103 Å². The van der Waals surface area contributed by atoms with Crippen LogP contribution in [0.1, 0.15) is 136 Å². The molecule has 47 heavy (non-hydrogen) atoms. The van der Waals surface area contributed by atoms with Crippen molar-refractivity contribution in [1.29, 1.82) is 0 Å². The summed E-state index contributed by atoms with van der Waals surface area (Å²) in [4.78, 5) is 12.5. The number of esters is 1. The molecular weight excluding hydrogens is 632 g/mol. The molecule has 0 aromatic rings. The lowest BCUT2D eigenvalue weighted by Gasteiger charge is -2.41. The molecule has 1 saturated heterocycles. The van der Waals surface area contributed by atoms with Crippen LogP contribution in [-0.4, -0.2) is 97.5 Å². The van der Waals surface area contributed by atoms with E-state index in [2.05, 4.69) is 30.2 Å². The van der Waals surface area contributed by atoms with E-state index in [-0.39, 0.29) is 19.6 Å². The number of allylic oxidation sites excluding steroid dienone is 2. The fourth-order valence-corrected chi connectivity index (χ4v) is 5.88. The summed E-state index contributed by atoms with van der Waals surface area (Å²) in [6.07, 6.45) is 16.0. The van der Waals surface area contributed by atoms with Crippen molar-refractivity contribution in [2.75, 3.05) is 26.4 Å². The molecule has 13 heteroatoms. The van der Waals surface area contributed by atoms with Crippen LogP contribution in [0.15, 0.2) is 12.2 Å². The zero-order chi connectivity index (χ0) is 34.8. The molecule has 0 aliphatic carbocycles. The van der Waals surface area contributed by atoms with Crippen LogP contribution >= 0.6 is 0 Å². The zero-order valence-electron chi connectivity index (χ0n) is 28.8. The SMILES string of the molecule is CCCCCCC/C=C\CCCCCCCCOCC(COC1OC(CO)C(O)C(OS(=O)(=O)O)C1O)OC(=O)CCCCCCC. The number of ether oxygens (including phenoxy) is 4. The molecule has 4 N–H and O–H groups in total. The Balaban J connectivity index is 2.45. The second-order valence-electron chi connectivity index (χ2n) is 12.5. The predicted octanol–water partition coefficient (Wildman–Crippen LogP) is 5.57. The van der Waals surface area contributed by atoms with Crippen molar-refractivity contribution in [3.05, 3.63) is 12.2 Å². The molecule has 0 aromatic carbocycles. The molecule has 0 radical (unpaired) electrons. The van der Waals surface area contributed by atoms with E-state index < -0.39 is 59.8 Å². The molecule has 6 atom stereocenters. The topological polar surface area (TPSA) is 178 Å². The van der Waals surface area contributed by atoms with Crippen LogP contribution in [0.3, 0.4) is 0 Å². The number of carbonyl (C=O) groups excluding carboxylic acids is 1. The highest BCUT2D eigenvalue weighted by Gasteiger charge is 2.48. The van der Waals surface area contributed by atoms with Crippen LogP contribution in [0.2, 0.25) is 0 Å². The molecule has 12 nitrogen and oxygen atoms in total. The molecule has 0 amide bonds. The Morgan fingerprint density at radius 2 is 1.34 bits per heavy atom. The minimum Gasteiger partial charge on any atom is -0.457 e. The second-order valence-corrected chi connectivity index (χ2v) is 13.5. The van der Waals surface area contributed by atoms with E-state index >= 15 is 0 Å². The van der Waals surface area contributed by atoms with Gasteiger partial charge in [0.1, 0.15) is 30.5 Å². The Morgan fingerprint density at radius 1 is 0.787 bits per heavy atom. The minimum atomic E-state index is -5.05. The van der Waals surface area contributed by atoms with Gasteiger partial charge in [0.2, 0.25) is 0 Å². The lowest BCUT2D eigenvalue weighted by atomic mass is 9.99. The van der Waals surface area contributed by atoms with Gasteiger partial charge < -0.3 is 34.3 Å². The lowest BCUT2D eigenvalue weighted by Crippen LogP contribution is -2.60. The molecular formula is C34H64O12S. The lowest BCUT2D eigenvalue weighted by molar-refractivity contribution is -0.301. The highest BCUT2D eigenvalue weighted by atomic mass is 32.3. The summed E-state index contributed by atoms with van der Waals surface area (Å²) in [7, 11) is -5.05. The summed E-state index contributed by atoms with van der Waals surface area (Å²) >= 11 is 0. The van der Waals surface area contributed by atoms with Gasteiger partial charge in [0.15, 0.2) is 6.29 Å². The van der Waals surface area contributed by atoms with Gasteiger partial charge in [-0.3, -0.25) is 9.35 Å². The molecule has 6 unspecified atom stereocenters. The fraction of sp³-hybridized carbons (Fsp3) is 0.912. The molecule has 0 aromatic heterocycles. The van der Waals surface area contributed by atoms with Crippen molar-refractivity contribution < 1.29 is 56.2 Å². The van der Waals surface area contributed by atoms with E-state index in [1.165, 1.54) is 57.8 Å². The Morgan fingerprint density at radius 3 is 1.91 bits per heavy atom. The van der Waals surface area contributed by atoms with E-state index in [0.29, 0.717) is 13.0 Å². The van der Waals surface area contributed by atoms with E-state index in [1.807, 2.05) is 0 Å². The predicted molar refractivity (Wildman–Crippen MR) is 179 cm³/mol. The molecule has 1 aliphatic heterocycles. The molecule has 0 spiro atoms. The summed E-state index contributed by atoms with van der Waals surface area (Å²) in [6.45, 7) is 3.84. The first-order valence-electron chi connectivity index (χ1n) is 17.9. The Kier molecular flexibility index (Phi) is 25.8. The van der Waals surface area contributed by atoms with Crippen LogP contribution in [0, 0.1) is 0 Å². The minimum absolute atomic E-state index is 0.0341. The number of hydrogen-bond acceptors (Lipinski definition) is 11. The maximum atomic E-state index is 12.5. The summed E-state index contributed by atoms with van der Waals surface area (Å²) in [5, 5.41) is 30.3. The first kappa shape index (κ1) is 43.9. The van der Waals surface area contributed by atoms with Gasteiger partial charge in [-0.15, -0.1) is 0 Å².